The molecule has 0 spiro atoms. The molecule has 3 rings (SSSR count). The number of carbonyl (C=O) groups excluding carboxylic acids is 2. The number of hydrogen-bond donors (Lipinski definition) is 1. The summed E-state index contributed by atoms with van der Waals surface area (Å²) in [7, 11) is 3.99. The van der Waals surface area contributed by atoms with Crippen molar-refractivity contribution in [3.8, 4) is 0 Å². The van der Waals surface area contributed by atoms with E-state index in [1.165, 1.54) is 0 Å². The largest absolute Gasteiger partial charge is 0.380 e. The summed E-state index contributed by atoms with van der Waals surface area (Å²) < 4.78 is 0. The summed E-state index contributed by atoms with van der Waals surface area (Å²) >= 11 is 0. The second-order valence-corrected chi connectivity index (χ2v) is 9.22. The Morgan fingerprint density at radius 1 is 1.00 bits per heavy atom. The minimum atomic E-state index is -0.00173. The van der Waals surface area contributed by atoms with Gasteiger partial charge in [-0.3, -0.25) is 9.59 Å². The Morgan fingerprint density at radius 2 is 1.65 bits per heavy atom. The normalized spacial score (nSPS) is 14.0. The third-order valence-electron chi connectivity index (χ3n) is 5.96. The number of nitrogens with one attached hydrogen (secondary N) is 1. The maximum absolute atomic E-state index is 13.1. The number of hydrogen-bond acceptors (Lipinski definition) is 6. The number of benzene rings is 1. The van der Waals surface area contributed by atoms with E-state index in [1.54, 1.807) is 30.5 Å². The van der Waals surface area contributed by atoms with Crippen LogP contribution in [-0.2, 0) is 0 Å². The first-order valence-corrected chi connectivity index (χ1v) is 12.1. The summed E-state index contributed by atoms with van der Waals surface area (Å²) in [6, 6.07) is 11.4. The quantitative estimate of drug-likeness (QED) is 0.613. The Labute approximate surface area is 203 Å². The van der Waals surface area contributed by atoms with Crippen LogP contribution in [0.5, 0.6) is 0 Å². The van der Waals surface area contributed by atoms with Gasteiger partial charge >= 0.3 is 0 Å². The summed E-state index contributed by atoms with van der Waals surface area (Å²) in [6.07, 6.45) is 1.81. The lowest BCUT2D eigenvalue weighted by Gasteiger charge is -2.36. The van der Waals surface area contributed by atoms with Crippen molar-refractivity contribution in [1.29, 1.82) is 0 Å². The first-order chi connectivity index (χ1) is 16.3. The van der Waals surface area contributed by atoms with Crippen molar-refractivity contribution in [1.82, 2.24) is 19.7 Å². The summed E-state index contributed by atoms with van der Waals surface area (Å²) in [5, 5.41) is 3.45. The molecular formula is C26H38N6O2. The Bertz CT molecular complexity index is 952. The highest BCUT2D eigenvalue weighted by atomic mass is 16.2. The molecule has 1 aromatic carbocycles. The lowest BCUT2D eigenvalue weighted by atomic mass is 10.1. The van der Waals surface area contributed by atoms with Gasteiger partial charge in [0.2, 0.25) is 0 Å². The Hall–Kier alpha value is -3.13. The van der Waals surface area contributed by atoms with Crippen molar-refractivity contribution in [2.75, 3.05) is 70.1 Å². The molecule has 8 nitrogen and oxygen atoms in total. The van der Waals surface area contributed by atoms with E-state index < -0.39 is 0 Å². The van der Waals surface area contributed by atoms with Crippen molar-refractivity contribution in [3.05, 3.63) is 53.7 Å². The molecule has 0 radical (unpaired) electrons. The molecule has 1 aromatic heterocycles. The number of rotatable bonds is 9. The number of likely N-dealkylation sites (N-methyl/N-ethyl adjacent to an activating group) is 2. The summed E-state index contributed by atoms with van der Waals surface area (Å²) in [5.74, 6) is 0.930. The van der Waals surface area contributed by atoms with Gasteiger partial charge in [-0.2, -0.15) is 0 Å². The van der Waals surface area contributed by atoms with E-state index in [1.807, 2.05) is 43.0 Å². The summed E-state index contributed by atoms with van der Waals surface area (Å²) in [6.45, 7) is 11.1. The van der Waals surface area contributed by atoms with Crippen LogP contribution in [0.2, 0.25) is 0 Å². The van der Waals surface area contributed by atoms with Gasteiger partial charge in [-0.05, 0) is 71.3 Å². The number of pyridine rings is 1. The molecule has 1 aliphatic heterocycles. The van der Waals surface area contributed by atoms with E-state index in [4.69, 9.17) is 0 Å². The highest BCUT2D eigenvalue weighted by Gasteiger charge is 2.24. The molecule has 0 aliphatic carbocycles. The molecule has 0 saturated carbocycles. The second kappa shape index (κ2) is 11.8. The minimum absolute atomic E-state index is 0.000143. The number of amides is 2. The molecule has 2 amide bonds. The highest BCUT2D eigenvalue weighted by molar-refractivity contribution is 5.98. The average molecular weight is 467 g/mol. The van der Waals surface area contributed by atoms with Gasteiger partial charge in [0.05, 0.1) is 5.69 Å². The van der Waals surface area contributed by atoms with Gasteiger partial charge in [-0.1, -0.05) is 0 Å². The fraction of sp³-hybridized carbons (Fsp3) is 0.500. The minimum Gasteiger partial charge on any atom is -0.380 e. The van der Waals surface area contributed by atoms with Gasteiger partial charge in [0.25, 0.3) is 11.8 Å². The first-order valence-electron chi connectivity index (χ1n) is 12.1. The lowest BCUT2D eigenvalue weighted by Crippen LogP contribution is -2.49. The molecule has 0 unspecified atom stereocenters. The fourth-order valence-electron chi connectivity index (χ4n) is 4.04. The van der Waals surface area contributed by atoms with Crippen LogP contribution >= 0.6 is 0 Å². The van der Waals surface area contributed by atoms with Crippen LogP contribution in [0, 0.1) is 0 Å². The molecule has 2 heterocycles. The summed E-state index contributed by atoms with van der Waals surface area (Å²) in [4.78, 5) is 38.5. The zero-order valence-corrected chi connectivity index (χ0v) is 21.1. The monoisotopic (exact) mass is 466 g/mol. The number of nitrogens with zero attached hydrogens (tertiary/aromatic N) is 5. The van der Waals surface area contributed by atoms with Crippen LogP contribution in [0.1, 0.15) is 41.5 Å². The van der Waals surface area contributed by atoms with Crippen molar-refractivity contribution in [2.24, 2.45) is 0 Å². The van der Waals surface area contributed by atoms with E-state index in [9.17, 15) is 9.59 Å². The third-order valence-corrected chi connectivity index (χ3v) is 5.96. The van der Waals surface area contributed by atoms with Crippen molar-refractivity contribution in [3.63, 3.8) is 0 Å². The molecule has 8 heteroatoms. The van der Waals surface area contributed by atoms with Gasteiger partial charge in [0.1, 0.15) is 0 Å². The lowest BCUT2D eigenvalue weighted by molar-refractivity contribution is 0.0737. The third kappa shape index (κ3) is 6.47. The number of carbonyl (C=O) groups is 2. The van der Waals surface area contributed by atoms with Gasteiger partial charge in [-0.25, -0.2) is 4.98 Å². The predicted molar refractivity (Wildman–Crippen MR) is 138 cm³/mol. The molecule has 1 saturated heterocycles. The van der Waals surface area contributed by atoms with E-state index in [-0.39, 0.29) is 11.8 Å². The van der Waals surface area contributed by atoms with Gasteiger partial charge < -0.3 is 24.9 Å². The van der Waals surface area contributed by atoms with E-state index in [2.05, 4.69) is 33.9 Å². The molecule has 1 fully saturated rings. The maximum atomic E-state index is 13.1. The van der Waals surface area contributed by atoms with Crippen LogP contribution in [0.15, 0.2) is 42.6 Å². The molecule has 1 aliphatic rings. The standard InChI is InChI=1S/C26H38N6O2/c1-6-30(15-14-29(4)5)25(33)21-9-11-22(12-10-21)26(34)32-18-16-31(17-19-32)24-23(28-20(2)3)8-7-13-27-24/h7-13,20,28H,6,14-19H2,1-5H3. The van der Waals surface area contributed by atoms with Crippen molar-refractivity contribution in [2.45, 2.75) is 26.8 Å². The zero-order valence-electron chi connectivity index (χ0n) is 21.1. The molecule has 1 N–H and O–H groups in total. The number of anilines is 2. The molecular weight excluding hydrogens is 428 g/mol. The van der Waals surface area contributed by atoms with Crippen LogP contribution in [0.4, 0.5) is 11.5 Å². The van der Waals surface area contributed by atoms with Crippen LogP contribution in [0.25, 0.3) is 0 Å². The smallest absolute Gasteiger partial charge is 0.253 e. The van der Waals surface area contributed by atoms with Gasteiger partial charge in [0, 0.05) is 69.2 Å². The number of piperazine rings is 1. The van der Waals surface area contributed by atoms with Crippen LogP contribution in [-0.4, -0.2) is 97.4 Å². The second-order valence-electron chi connectivity index (χ2n) is 9.22. The topological polar surface area (TPSA) is 72.0 Å². The Kier molecular flexibility index (Phi) is 8.87. The fourth-order valence-corrected chi connectivity index (χ4v) is 4.04. The number of aromatic nitrogens is 1. The van der Waals surface area contributed by atoms with Crippen LogP contribution < -0.4 is 10.2 Å². The molecule has 2 aromatic rings. The van der Waals surface area contributed by atoms with Crippen LogP contribution in [0.3, 0.4) is 0 Å². The summed E-state index contributed by atoms with van der Waals surface area (Å²) in [5.41, 5.74) is 2.24. The first kappa shape index (κ1) is 25.5. The molecule has 184 valence electrons. The molecule has 34 heavy (non-hydrogen) atoms. The predicted octanol–water partition coefficient (Wildman–Crippen LogP) is 2.89. The van der Waals surface area contributed by atoms with E-state index in [0.717, 1.165) is 31.1 Å². The Morgan fingerprint density at radius 3 is 2.24 bits per heavy atom. The molecule has 0 atom stereocenters. The zero-order chi connectivity index (χ0) is 24.7. The van der Waals surface area contributed by atoms with E-state index >= 15 is 0 Å². The average Bonchev–Trinajstić information content (AvgIpc) is 2.84. The SMILES string of the molecule is CCN(CCN(C)C)C(=O)c1ccc(C(=O)N2CCN(c3ncccc3NC(C)C)CC2)cc1. The Balaban J connectivity index is 1.60. The van der Waals surface area contributed by atoms with Crippen molar-refractivity contribution >= 4 is 23.3 Å². The van der Waals surface area contributed by atoms with Gasteiger partial charge in [0.15, 0.2) is 5.82 Å². The van der Waals surface area contributed by atoms with E-state index in [0.29, 0.717) is 43.3 Å². The van der Waals surface area contributed by atoms with Gasteiger partial charge in [-0.15, -0.1) is 0 Å². The molecule has 0 bridgehead atoms. The van der Waals surface area contributed by atoms with Crippen molar-refractivity contribution < 1.29 is 9.59 Å². The maximum Gasteiger partial charge on any atom is 0.253 e. The highest BCUT2D eigenvalue weighted by Crippen LogP contribution is 2.25.